The molecule has 0 N–H and O–H groups in total. The predicted octanol–water partition coefficient (Wildman–Crippen LogP) is 3.87. The summed E-state index contributed by atoms with van der Waals surface area (Å²) in [6, 6.07) is 14.1. The second kappa shape index (κ2) is 5.66. The normalized spacial score (nSPS) is 11.7. The molecule has 0 bridgehead atoms. The van der Waals surface area contributed by atoms with Crippen LogP contribution in [0.3, 0.4) is 0 Å². The highest BCUT2D eigenvalue weighted by Crippen LogP contribution is 2.26. The second-order valence-corrected chi connectivity index (χ2v) is 8.04. The zero-order chi connectivity index (χ0) is 15.7. The van der Waals surface area contributed by atoms with Gasteiger partial charge in [-0.15, -0.1) is 11.3 Å². The predicted molar refractivity (Wildman–Crippen MR) is 89.4 cm³/mol. The van der Waals surface area contributed by atoms with Gasteiger partial charge in [0.05, 0.1) is 4.90 Å². The molecular formula is C17H14O3S2. The van der Waals surface area contributed by atoms with Crippen molar-refractivity contribution in [2.24, 2.45) is 0 Å². The molecule has 0 unspecified atom stereocenters. The summed E-state index contributed by atoms with van der Waals surface area (Å²) in [6.07, 6.45) is 0. The van der Waals surface area contributed by atoms with Gasteiger partial charge in [0.1, 0.15) is 5.75 Å². The topological polar surface area (TPSA) is 51.2 Å². The Morgan fingerprint density at radius 3 is 2.45 bits per heavy atom. The van der Waals surface area contributed by atoms with E-state index in [1.807, 2.05) is 31.2 Å². The van der Waals surface area contributed by atoms with Crippen LogP contribution in [0.15, 0.2) is 58.8 Å². The zero-order valence-corrected chi connectivity index (χ0v) is 13.6. The number of sulfone groups is 1. The molecule has 0 aliphatic carbocycles. The van der Waals surface area contributed by atoms with E-state index < -0.39 is 15.6 Å². The van der Waals surface area contributed by atoms with Crippen molar-refractivity contribution in [2.45, 2.75) is 11.8 Å². The number of rotatable bonds is 4. The van der Waals surface area contributed by atoms with Crippen molar-refractivity contribution < 1.29 is 13.2 Å². The number of hydrogen-bond donors (Lipinski definition) is 0. The molecule has 0 aliphatic rings. The molecule has 0 aliphatic heterocycles. The van der Waals surface area contributed by atoms with Crippen molar-refractivity contribution in [3.8, 4) is 0 Å². The largest absolute Gasteiger partial charge is 0.293 e. The number of Topliss-reactive ketones (excluding diaryl/α,β-unsaturated/α-hetero) is 1. The van der Waals surface area contributed by atoms with Gasteiger partial charge in [0.25, 0.3) is 0 Å². The number of ketones is 1. The average molecular weight is 330 g/mol. The highest BCUT2D eigenvalue weighted by atomic mass is 32.2. The number of benzene rings is 2. The van der Waals surface area contributed by atoms with E-state index in [-0.39, 0.29) is 10.7 Å². The maximum Gasteiger partial charge on any atom is 0.185 e. The molecule has 0 spiro atoms. The molecule has 2 aromatic carbocycles. The molecule has 1 aromatic heterocycles. The van der Waals surface area contributed by atoms with Crippen LogP contribution in [0.1, 0.15) is 15.9 Å². The minimum Gasteiger partial charge on any atom is -0.293 e. The van der Waals surface area contributed by atoms with Crippen LogP contribution in [0.5, 0.6) is 0 Å². The Kier molecular flexibility index (Phi) is 3.85. The molecule has 0 fully saturated rings. The quantitative estimate of drug-likeness (QED) is 0.682. The molecule has 112 valence electrons. The van der Waals surface area contributed by atoms with Gasteiger partial charge in [-0.05, 0) is 25.1 Å². The van der Waals surface area contributed by atoms with Crippen LogP contribution in [-0.2, 0) is 9.84 Å². The van der Waals surface area contributed by atoms with E-state index in [4.69, 9.17) is 0 Å². The van der Waals surface area contributed by atoms with Crippen LogP contribution < -0.4 is 0 Å². The van der Waals surface area contributed by atoms with Crippen molar-refractivity contribution in [1.82, 2.24) is 0 Å². The summed E-state index contributed by atoms with van der Waals surface area (Å²) in [5.74, 6) is -0.866. The monoisotopic (exact) mass is 330 g/mol. The van der Waals surface area contributed by atoms with E-state index in [0.717, 1.165) is 15.6 Å². The Labute approximate surface area is 133 Å². The molecule has 0 amide bonds. The Balaban J connectivity index is 1.92. The first kappa shape index (κ1) is 14.9. The van der Waals surface area contributed by atoms with Crippen LogP contribution in [-0.4, -0.2) is 20.0 Å². The summed E-state index contributed by atoms with van der Waals surface area (Å²) in [6.45, 7) is 1.89. The minimum atomic E-state index is -3.62. The van der Waals surface area contributed by atoms with Gasteiger partial charge in [0.15, 0.2) is 15.6 Å². The minimum absolute atomic E-state index is 0.186. The lowest BCUT2D eigenvalue weighted by Crippen LogP contribution is -2.16. The molecule has 3 nitrogen and oxygen atoms in total. The lowest BCUT2D eigenvalue weighted by molar-refractivity contribution is 0.102. The fraction of sp³-hybridized carbons (Fsp3) is 0.118. The summed E-state index contributed by atoms with van der Waals surface area (Å²) in [5.41, 5.74) is 1.46. The number of carbonyl (C=O) groups is 1. The van der Waals surface area contributed by atoms with E-state index in [1.54, 1.807) is 29.6 Å². The summed E-state index contributed by atoms with van der Waals surface area (Å²) >= 11 is 1.45. The first-order chi connectivity index (χ1) is 10.5. The first-order valence-corrected chi connectivity index (χ1v) is 9.29. The molecule has 0 saturated heterocycles. The Bertz CT molecular complexity index is 935. The van der Waals surface area contributed by atoms with Crippen LogP contribution in [0.25, 0.3) is 10.1 Å². The van der Waals surface area contributed by atoms with Crippen LogP contribution >= 0.6 is 11.3 Å². The molecule has 0 atom stereocenters. The van der Waals surface area contributed by atoms with Gasteiger partial charge >= 0.3 is 0 Å². The van der Waals surface area contributed by atoms with E-state index in [0.29, 0.717) is 5.56 Å². The van der Waals surface area contributed by atoms with Gasteiger partial charge in [-0.1, -0.05) is 35.9 Å². The van der Waals surface area contributed by atoms with Gasteiger partial charge in [0.2, 0.25) is 0 Å². The number of thiophene rings is 1. The van der Waals surface area contributed by atoms with E-state index in [9.17, 15) is 13.2 Å². The van der Waals surface area contributed by atoms with Gasteiger partial charge < -0.3 is 0 Å². The number of aryl methyl sites for hydroxylation is 1. The molecule has 5 heteroatoms. The lowest BCUT2D eigenvalue weighted by atomic mass is 10.1. The standard InChI is InChI=1S/C17H14O3S2/c1-12-6-8-13(9-7-12)22(19,20)11-16(18)15-10-21-17-5-3-2-4-14(15)17/h2-10H,11H2,1H3. The summed E-state index contributed by atoms with van der Waals surface area (Å²) < 4.78 is 25.7. The van der Waals surface area contributed by atoms with Crippen molar-refractivity contribution in [2.75, 3.05) is 5.75 Å². The van der Waals surface area contributed by atoms with Crippen molar-refractivity contribution >= 4 is 37.0 Å². The Hall–Kier alpha value is -1.98. The SMILES string of the molecule is Cc1ccc(S(=O)(=O)CC(=O)c2csc3ccccc23)cc1. The van der Waals surface area contributed by atoms with Crippen molar-refractivity contribution in [1.29, 1.82) is 0 Å². The van der Waals surface area contributed by atoms with Gasteiger partial charge in [-0.25, -0.2) is 8.42 Å². The Morgan fingerprint density at radius 1 is 1.05 bits per heavy atom. The summed E-state index contributed by atoms with van der Waals surface area (Å²) in [5, 5.41) is 2.55. The van der Waals surface area contributed by atoms with Crippen molar-refractivity contribution in [3.05, 3.63) is 65.0 Å². The van der Waals surface area contributed by atoms with E-state index >= 15 is 0 Å². The third-order valence-corrected chi connectivity index (χ3v) is 6.08. The summed E-state index contributed by atoms with van der Waals surface area (Å²) in [4.78, 5) is 12.6. The first-order valence-electron chi connectivity index (χ1n) is 6.76. The highest BCUT2D eigenvalue weighted by molar-refractivity contribution is 7.92. The average Bonchev–Trinajstić information content (AvgIpc) is 2.91. The van der Waals surface area contributed by atoms with Crippen molar-refractivity contribution in [3.63, 3.8) is 0 Å². The molecular weight excluding hydrogens is 316 g/mol. The summed E-state index contributed by atoms with van der Waals surface area (Å²) in [7, 11) is -3.62. The molecule has 3 rings (SSSR count). The Morgan fingerprint density at radius 2 is 1.73 bits per heavy atom. The number of hydrogen-bond acceptors (Lipinski definition) is 4. The maximum atomic E-state index is 12.4. The fourth-order valence-corrected chi connectivity index (χ4v) is 4.46. The third kappa shape index (κ3) is 2.82. The highest BCUT2D eigenvalue weighted by Gasteiger charge is 2.22. The molecule has 1 heterocycles. The van der Waals surface area contributed by atoms with E-state index in [1.165, 1.54) is 11.3 Å². The third-order valence-electron chi connectivity index (χ3n) is 3.48. The van der Waals surface area contributed by atoms with Gasteiger partial charge in [-0.2, -0.15) is 0 Å². The maximum absolute atomic E-state index is 12.4. The molecule has 22 heavy (non-hydrogen) atoms. The number of carbonyl (C=O) groups excluding carboxylic acids is 1. The lowest BCUT2D eigenvalue weighted by Gasteiger charge is -2.04. The zero-order valence-electron chi connectivity index (χ0n) is 11.9. The molecule has 3 aromatic rings. The second-order valence-electron chi connectivity index (χ2n) is 5.14. The van der Waals surface area contributed by atoms with Gasteiger partial charge in [-0.3, -0.25) is 4.79 Å². The number of fused-ring (bicyclic) bond motifs is 1. The van der Waals surface area contributed by atoms with Crippen LogP contribution in [0, 0.1) is 6.92 Å². The van der Waals surface area contributed by atoms with Gasteiger partial charge in [0, 0.05) is 21.0 Å². The van der Waals surface area contributed by atoms with E-state index in [2.05, 4.69) is 0 Å². The molecule has 0 saturated carbocycles. The van der Waals surface area contributed by atoms with Crippen LogP contribution in [0.4, 0.5) is 0 Å². The van der Waals surface area contributed by atoms with Crippen LogP contribution in [0.2, 0.25) is 0 Å². The smallest absolute Gasteiger partial charge is 0.185 e. The fourth-order valence-electron chi connectivity index (χ4n) is 2.27. The molecule has 0 radical (unpaired) electrons.